The SMILES string of the molecule is CCC(C)N1CCC2CN(C(C)C)CC2C1. The van der Waals surface area contributed by atoms with Crippen molar-refractivity contribution in [3.63, 3.8) is 0 Å². The van der Waals surface area contributed by atoms with Crippen LogP contribution in [-0.2, 0) is 0 Å². The molecule has 0 aromatic carbocycles. The lowest BCUT2D eigenvalue weighted by molar-refractivity contribution is 0.109. The molecule has 0 aromatic heterocycles. The van der Waals surface area contributed by atoms with Gasteiger partial charge in [-0.2, -0.15) is 0 Å². The van der Waals surface area contributed by atoms with Gasteiger partial charge in [-0.3, -0.25) is 0 Å². The highest BCUT2D eigenvalue weighted by molar-refractivity contribution is 4.91. The Labute approximate surface area is 101 Å². The molecule has 16 heavy (non-hydrogen) atoms. The number of hydrogen-bond acceptors (Lipinski definition) is 2. The van der Waals surface area contributed by atoms with Gasteiger partial charge in [-0.15, -0.1) is 0 Å². The van der Waals surface area contributed by atoms with Gasteiger partial charge in [0.15, 0.2) is 0 Å². The second-order valence-electron chi connectivity index (χ2n) is 6.11. The molecule has 2 aliphatic rings. The van der Waals surface area contributed by atoms with Crippen LogP contribution in [0.1, 0.15) is 40.5 Å². The Balaban J connectivity index is 1.91. The average molecular weight is 224 g/mol. The average Bonchev–Trinajstić information content (AvgIpc) is 2.70. The first kappa shape index (κ1) is 12.4. The number of nitrogens with zero attached hydrogens (tertiary/aromatic N) is 2. The summed E-state index contributed by atoms with van der Waals surface area (Å²) in [5, 5.41) is 0. The van der Waals surface area contributed by atoms with Crippen LogP contribution < -0.4 is 0 Å². The van der Waals surface area contributed by atoms with E-state index in [4.69, 9.17) is 0 Å². The smallest absolute Gasteiger partial charge is 0.00644 e. The van der Waals surface area contributed by atoms with Gasteiger partial charge in [0.1, 0.15) is 0 Å². The van der Waals surface area contributed by atoms with Gasteiger partial charge in [0.05, 0.1) is 0 Å². The second-order valence-corrected chi connectivity index (χ2v) is 6.11. The molecule has 2 saturated heterocycles. The summed E-state index contributed by atoms with van der Waals surface area (Å²) in [4.78, 5) is 5.39. The maximum Gasteiger partial charge on any atom is 0.00644 e. The van der Waals surface area contributed by atoms with Crippen molar-refractivity contribution in [2.75, 3.05) is 26.2 Å². The van der Waals surface area contributed by atoms with E-state index in [0.717, 1.165) is 23.9 Å². The van der Waals surface area contributed by atoms with E-state index < -0.39 is 0 Å². The van der Waals surface area contributed by atoms with E-state index in [-0.39, 0.29) is 0 Å². The number of rotatable bonds is 3. The maximum absolute atomic E-state index is 2.71. The Hall–Kier alpha value is -0.0800. The third-order valence-corrected chi connectivity index (χ3v) is 4.81. The van der Waals surface area contributed by atoms with Crippen LogP contribution >= 0.6 is 0 Å². The first-order chi connectivity index (χ1) is 7.61. The highest BCUT2D eigenvalue weighted by Gasteiger charge is 2.38. The molecule has 2 aliphatic heterocycles. The predicted octanol–water partition coefficient (Wildman–Crippen LogP) is 2.45. The minimum atomic E-state index is 0.739. The van der Waals surface area contributed by atoms with Crippen LogP contribution in [0.25, 0.3) is 0 Å². The molecule has 0 radical (unpaired) electrons. The predicted molar refractivity (Wildman–Crippen MR) is 69.6 cm³/mol. The highest BCUT2D eigenvalue weighted by Crippen LogP contribution is 2.32. The molecule has 2 heteroatoms. The van der Waals surface area contributed by atoms with Crippen LogP contribution in [0.4, 0.5) is 0 Å². The van der Waals surface area contributed by atoms with Crippen molar-refractivity contribution in [1.29, 1.82) is 0 Å². The number of piperidine rings is 1. The van der Waals surface area contributed by atoms with Crippen molar-refractivity contribution >= 4 is 0 Å². The van der Waals surface area contributed by atoms with Crippen molar-refractivity contribution in [3.05, 3.63) is 0 Å². The lowest BCUT2D eigenvalue weighted by Crippen LogP contribution is -2.44. The highest BCUT2D eigenvalue weighted by atomic mass is 15.2. The topological polar surface area (TPSA) is 6.48 Å². The molecule has 0 amide bonds. The molecular weight excluding hydrogens is 196 g/mol. The summed E-state index contributed by atoms with van der Waals surface area (Å²) in [7, 11) is 0. The minimum absolute atomic E-state index is 0.739. The Kier molecular flexibility index (Phi) is 3.91. The molecule has 2 heterocycles. The second kappa shape index (κ2) is 5.05. The van der Waals surface area contributed by atoms with Crippen molar-refractivity contribution in [2.45, 2.75) is 52.6 Å². The van der Waals surface area contributed by atoms with Crippen LogP contribution in [0.3, 0.4) is 0 Å². The van der Waals surface area contributed by atoms with E-state index in [1.807, 2.05) is 0 Å². The third kappa shape index (κ3) is 2.43. The van der Waals surface area contributed by atoms with Gasteiger partial charge in [-0.05, 0) is 52.0 Å². The molecule has 0 spiro atoms. The molecule has 2 fully saturated rings. The monoisotopic (exact) mass is 224 g/mol. The molecule has 0 N–H and O–H groups in total. The van der Waals surface area contributed by atoms with E-state index in [2.05, 4.69) is 37.5 Å². The fourth-order valence-corrected chi connectivity index (χ4v) is 3.31. The normalized spacial score (nSPS) is 34.3. The molecule has 3 atom stereocenters. The first-order valence-electron chi connectivity index (χ1n) is 7.10. The van der Waals surface area contributed by atoms with Crippen molar-refractivity contribution < 1.29 is 0 Å². The summed E-state index contributed by atoms with van der Waals surface area (Å²) in [6.07, 6.45) is 2.73. The van der Waals surface area contributed by atoms with Gasteiger partial charge in [0.25, 0.3) is 0 Å². The van der Waals surface area contributed by atoms with Gasteiger partial charge < -0.3 is 9.80 Å². The lowest BCUT2D eigenvalue weighted by atomic mass is 9.88. The van der Waals surface area contributed by atoms with E-state index in [1.165, 1.54) is 39.0 Å². The van der Waals surface area contributed by atoms with Crippen molar-refractivity contribution in [3.8, 4) is 0 Å². The van der Waals surface area contributed by atoms with Crippen molar-refractivity contribution in [1.82, 2.24) is 9.80 Å². The van der Waals surface area contributed by atoms with Gasteiger partial charge in [0.2, 0.25) is 0 Å². The van der Waals surface area contributed by atoms with Crippen LogP contribution in [0.5, 0.6) is 0 Å². The summed E-state index contributed by atoms with van der Waals surface area (Å²) in [5.41, 5.74) is 0. The van der Waals surface area contributed by atoms with Gasteiger partial charge in [0, 0.05) is 31.7 Å². The molecule has 0 aliphatic carbocycles. The van der Waals surface area contributed by atoms with E-state index >= 15 is 0 Å². The minimum Gasteiger partial charge on any atom is -0.300 e. The first-order valence-corrected chi connectivity index (χ1v) is 7.10. The summed E-state index contributed by atoms with van der Waals surface area (Å²) < 4.78 is 0. The molecule has 3 unspecified atom stereocenters. The van der Waals surface area contributed by atoms with E-state index in [9.17, 15) is 0 Å². The molecule has 0 saturated carbocycles. The number of fused-ring (bicyclic) bond motifs is 1. The Morgan fingerprint density at radius 3 is 2.25 bits per heavy atom. The molecule has 0 aromatic rings. The Morgan fingerprint density at radius 1 is 1.00 bits per heavy atom. The maximum atomic E-state index is 2.71. The summed E-state index contributed by atoms with van der Waals surface area (Å²) in [6, 6.07) is 1.52. The molecule has 2 nitrogen and oxygen atoms in total. The molecule has 94 valence electrons. The van der Waals surface area contributed by atoms with Crippen LogP contribution in [0.15, 0.2) is 0 Å². The fourth-order valence-electron chi connectivity index (χ4n) is 3.31. The largest absolute Gasteiger partial charge is 0.300 e. The summed E-state index contributed by atoms with van der Waals surface area (Å²) in [6.45, 7) is 14.8. The Morgan fingerprint density at radius 2 is 1.62 bits per heavy atom. The zero-order valence-corrected chi connectivity index (χ0v) is 11.4. The number of hydrogen-bond donors (Lipinski definition) is 0. The zero-order valence-electron chi connectivity index (χ0n) is 11.4. The standard InChI is InChI=1S/C14H28N2/c1-5-12(4)15-7-6-13-8-16(11(2)3)10-14(13)9-15/h11-14H,5-10H2,1-4H3. The molecule has 2 rings (SSSR count). The third-order valence-electron chi connectivity index (χ3n) is 4.81. The van der Waals surface area contributed by atoms with Crippen molar-refractivity contribution in [2.24, 2.45) is 11.8 Å². The van der Waals surface area contributed by atoms with Crippen LogP contribution in [-0.4, -0.2) is 48.1 Å². The zero-order chi connectivity index (χ0) is 11.7. The summed E-state index contributed by atoms with van der Waals surface area (Å²) >= 11 is 0. The fraction of sp³-hybridized carbons (Fsp3) is 1.00. The summed E-state index contributed by atoms with van der Waals surface area (Å²) in [5.74, 6) is 1.94. The van der Waals surface area contributed by atoms with Gasteiger partial charge in [-0.25, -0.2) is 0 Å². The molecule has 0 bridgehead atoms. The van der Waals surface area contributed by atoms with E-state index in [0.29, 0.717) is 0 Å². The molecular formula is C14H28N2. The Bertz CT molecular complexity index is 227. The van der Waals surface area contributed by atoms with E-state index in [1.54, 1.807) is 0 Å². The number of likely N-dealkylation sites (tertiary alicyclic amines) is 2. The quantitative estimate of drug-likeness (QED) is 0.726. The van der Waals surface area contributed by atoms with Crippen LogP contribution in [0, 0.1) is 11.8 Å². The van der Waals surface area contributed by atoms with Gasteiger partial charge in [-0.1, -0.05) is 6.92 Å². The lowest BCUT2D eigenvalue weighted by Gasteiger charge is -2.37. The van der Waals surface area contributed by atoms with Gasteiger partial charge >= 0.3 is 0 Å². The van der Waals surface area contributed by atoms with Crippen LogP contribution in [0.2, 0.25) is 0 Å².